The Bertz CT molecular complexity index is 171. The van der Waals surface area contributed by atoms with Crippen molar-refractivity contribution in [3.63, 3.8) is 0 Å². The van der Waals surface area contributed by atoms with Gasteiger partial charge < -0.3 is 14.5 Å². The molecule has 66 valence electrons. The lowest BCUT2D eigenvalue weighted by Gasteiger charge is -2.04. The minimum absolute atomic E-state index is 0.143. The summed E-state index contributed by atoms with van der Waals surface area (Å²) in [6, 6.07) is 0. The third-order valence-corrected chi connectivity index (χ3v) is 1.17. The highest BCUT2D eigenvalue weighted by Gasteiger charge is 2.13. The molecule has 0 aliphatic carbocycles. The fourth-order valence-corrected chi connectivity index (χ4v) is 0.453. The molecule has 0 aromatic heterocycles. The predicted octanol–water partition coefficient (Wildman–Crippen LogP) is 0.00640. The molecule has 0 unspecified atom stereocenters. The first-order chi connectivity index (χ1) is 4.95. The minimum Gasteiger partial charge on any atom is -0.438 e. The van der Waals surface area contributed by atoms with Crippen LogP contribution in [0.1, 0.15) is 13.3 Å². The van der Waals surface area contributed by atoms with Crippen molar-refractivity contribution in [2.45, 2.75) is 13.3 Å². The van der Waals surface area contributed by atoms with Crippen molar-refractivity contribution in [2.24, 2.45) is 0 Å². The molecule has 0 saturated heterocycles. The van der Waals surface area contributed by atoms with Crippen LogP contribution in [0.4, 0.5) is 0 Å². The molecule has 0 fully saturated rings. The van der Waals surface area contributed by atoms with Crippen LogP contribution in [-0.2, 0) is 18.6 Å². The first-order valence-electron chi connectivity index (χ1n) is 2.81. The van der Waals surface area contributed by atoms with E-state index in [0.29, 0.717) is 0 Å². The van der Waals surface area contributed by atoms with E-state index in [9.17, 15) is 9.36 Å². The molecule has 0 atom stereocenters. The molecule has 0 radical (unpaired) electrons. The van der Waals surface area contributed by atoms with E-state index in [1.807, 2.05) is 0 Å². The molecule has 0 amide bonds. The summed E-state index contributed by atoms with van der Waals surface area (Å²) in [4.78, 5) is 26.5. The summed E-state index contributed by atoms with van der Waals surface area (Å²) in [5.74, 6) is -0.571. The normalized spacial score (nSPS) is 11.2. The second-order valence-corrected chi connectivity index (χ2v) is 2.85. The van der Waals surface area contributed by atoms with Gasteiger partial charge in [-0.15, -0.1) is 0 Å². The molecular weight excluding hydrogens is 175 g/mol. The highest BCUT2D eigenvalue weighted by atomic mass is 31.2. The van der Waals surface area contributed by atoms with Gasteiger partial charge in [0, 0.05) is 6.42 Å². The molecule has 0 heterocycles. The monoisotopic (exact) mass is 184 g/mol. The Kier molecular flexibility index (Phi) is 4.29. The Hall–Kier alpha value is -0.420. The Morgan fingerprint density at radius 3 is 2.45 bits per heavy atom. The molecule has 6 nitrogen and oxygen atoms in total. The van der Waals surface area contributed by atoms with Crippen molar-refractivity contribution in [1.82, 2.24) is 0 Å². The van der Waals surface area contributed by atoms with Crippen LogP contribution in [0.5, 0.6) is 0 Å². The number of ether oxygens (including phenoxy) is 1. The lowest BCUT2D eigenvalue weighted by molar-refractivity contribution is -0.150. The van der Waals surface area contributed by atoms with E-state index >= 15 is 0 Å². The van der Waals surface area contributed by atoms with Crippen LogP contribution >= 0.6 is 7.82 Å². The summed E-state index contributed by atoms with van der Waals surface area (Å²) in [5, 5.41) is 0. The standard InChI is InChI=1S/C4H9O6P/c1-2-4(5)9-3-10-11(6,7)8/h2-3H2,1H3,(H2,6,7,8). The lowest BCUT2D eigenvalue weighted by Crippen LogP contribution is -2.05. The zero-order chi connectivity index (χ0) is 8.91. The Balaban J connectivity index is 3.43. The summed E-state index contributed by atoms with van der Waals surface area (Å²) in [6.07, 6.45) is 0.143. The SMILES string of the molecule is CCC(=O)OCOP(=O)(O)O. The number of esters is 1. The van der Waals surface area contributed by atoms with Gasteiger partial charge in [-0.1, -0.05) is 6.92 Å². The smallest absolute Gasteiger partial charge is 0.438 e. The van der Waals surface area contributed by atoms with Gasteiger partial charge in [0.2, 0.25) is 6.79 Å². The van der Waals surface area contributed by atoms with E-state index in [4.69, 9.17) is 9.79 Å². The predicted molar refractivity (Wildman–Crippen MR) is 34.4 cm³/mol. The van der Waals surface area contributed by atoms with Crippen molar-refractivity contribution in [2.75, 3.05) is 6.79 Å². The van der Waals surface area contributed by atoms with Crippen LogP contribution in [0.3, 0.4) is 0 Å². The third-order valence-electron chi connectivity index (χ3n) is 0.729. The summed E-state index contributed by atoms with van der Waals surface area (Å²) >= 11 is 0. The van der Waals surface area contributed by atoms with Crippen molar-refractivity contribution in [1.29, 1.82) is 0 Å². The fourth-order valence-electron chi connectivity index (χ4n) is 0.263. The number of carbonyl (C=O) groups is 1. The number of hydrogen-bond acceptors (Lipinski definition) is 4. The number of rotatable bonds is 4. The number of hydrogen-bond donors (Lipinski definition) is 2. The highest BCUT2D eigenvalue weighted by molar-refractivity contribution is 7.46. The molecule has 2 N–H and O–H groups in total. The average Bonchev–Trinajstić information content (AvgIpc) is 1.85. The second kappa shape index (κ2) is 4.46. The van der Waals surface area contributed by atoms with Gasteiger partial charge in [0.15, 0.2) is 0 Å². The van der Waals surface area contributed by atoms with Gasteiger partial charge in [-0.25, -0.2) is 9.09 Å². The molecule has 0 aliphatic heterocycles. The van der Waals surface area contributed by atoms with Gasteiger partial charge in [-0.05, 0) is 0 Å². The topological polar surface area (TPSA) is 93.1 Å². The van der Waals surface area contributed by atoms with E-state index < -0.39 is 20.6 Å². The van der Waals surface area contributed by atoms with E-state index in [0.717, 1.165) is 0 Å². The van der Waals surface area contributed by atoms with Crippen LogP contribution in [0, 0.1) is 0 Å². The van der Waals surface area contributed by atoms with Gasteiger partial charge in [-0.2, -0.15) is 0 Å². The zero-order valence-electron chi connectivity index (χ0n) is 5.89. The lowest BCUT2D eigenvalue weighted by atomic mass is 10.5. The van der Waals surface area contributed by atoms with Crippen molar-refractivity contribution in [3.8, 4) is 0 Å². The minimum atomic E-state index is -4.51. The second-order valence-electron chi connectivity index (χ2n) is 1.61. The van der Waals surface area contributed by atoms with Crippen molar-refractivity contribution in [3.05, 3.63) is 0 Å². The van der Waals surface area contributed by atoms with E-state index in [2.05, 4.69) is 9.26 Å². The number of phosphoric acid groups is 1. The Labute approximate surface area is 63.4 Å². The van der Waals surface area contributed by atoms with E-state index in [1.54, 1.807) is 6.92 Å². The number of carbonyl (C=O) groups excluding carboxylic acids is 1. The first kappa shape index (κ1) is 10.6. The summed E-state index contributed by atoms with van der Waals surface area (Å²) in [7, 11) is -4.51. The quantitative estimate of drug-likeness (QED) is 0.363. The first-order valence-corrected chi connectivity index (χ1v) is 4.34. The maximum atomic E-state index is 10.3. The van der Waals surface area contributed by atoms with Gasteiger partial charge in [-0.3, -0.25) is 4.79 Å². The molecule has 0 aromatic rings. The van der Waals surface area contributed by atoms with Gasteiger partial charge in [0.05, 0.1) is 0 Å². The van der Waals surface area contributed by atoms with E-state index in [-0.39, 0.29) is 6.42 Å². The molecule has 0 aromatic carbocycles. The van der Waals surface area contributed by atoms with Crippen LogP contribution < -0.4 is 0 Å². The van der Waals surface area contributed by atoms with Crippen LogP contribution in [-0.4, -0.2) is 22.5 Å². The largest absolute Gasteiger partial charge is 0.472 e. The maximum absolute atomic E-state index is 10.3. The average molecular weight is 184 g/mol. The van der Waals surface area contributed by atoms with Crippen LogP contribution in [0.2, 0.25) is 0 Å². The molecule has 0 bridgehead atoms. The zero-order valence-corrected chi connectivity index (χ0v) is 6.78. The van der Waals surface area contributed by atoms with E-state index in [1.165, 1.54) is 0 Å². The summed E-state index contributed by atoms with van der Waals surface area (Å²) in [5.41, 5.74) is 0. The third kappa shape index (κ3) is 7.48. The molecule has 0 saturated carbocycles. The molecule has 0 spiro atoms. The maximum Gasteiger partial charge on any atom is 0.472 e. The molecular formula is C4H9O6P. The summed E-state index contributed by atoms with van der Waals surface area (Å²) < 4.78 is 18.0. The Morgan fingerprint density at radius 1 is 1.55 bits per heavy atom. The molecule has 0 rings (SSSR count). The van der Waals surface area contributed by atoms with Crippen LogP contribution in [0.15, 0.2) is 0 Å². The molecule has 0 aliphatic rings. The van der Waals surface area contributed by atoms with Gasteiger partial charge in [0.1, 0.15) is 0 Å². The summed E-state index contributed by atoms with van der Waals surface area (Å²) in [6.45, 7) is 0.844. The molecule has 11 heavy (non-hydrogen) atoms. The Morgan fingerprint density at radius 2 is 2.09 bits per heavy atom. The van der Waals surface area contributed by atoms with Crippen molar-refractivity contribution >= 4 is 13.8 Å². The van der Waals surface area contributed by atoms with Gasteiger partial charge >= 0.3 is 13.8 Å². The highest BCUT2D eigenvalue weighted by Crippen LogP contribution is 2.35. The van der Waals surface area contributed by atoms with Gasteiger partial charge in [0.25, 0.3) is 0 Å². The fraction of sp³-hybridized carbons (Fsp3) is 0.750. The van der Waals surface area contributed by atoms with Crippen molar-refractivity contribution < 1.29 is 28.4 Å². The molecule has 7 heteroatoms. The van der Waals surface area contributed by atoms with Crippen LogP contribution in [0.25, 0.3) is 0 Å². The number of phosphoric ester groups is 1.